The van der Waals surface area contributed by atoms with Crippen LogP contribution in [0.5, 0.6) is 0 Å². The van der Waals surface area contributed by atoms with E-state index < -0.39 is 0 Å². The van der Waals surface area contributed by atoms with Crippen LogP contribution in [0.25, 0.3) is 0 Å². The van der Waals surface area contributed by atoms with E-state index in [1.807, 2.05) is 0 Å². The van der Waals surface area contributed by atoms with Crippen molar-refractivity contribution in [3.05, 3.63) is 32.6 Å². The number of nitrogens with one attached hydrogen (secondary N) is 1. The van der Waals surface area contributed by atoms with Gasteiger partial charge in [0.05, 0.1) is 0 Å². The summed E-state index contributed by atoms with van der Waals surface area (Å²) in [6.45, 7) is 1.72. The van der Waals surface area contributed by atoms with Gasteiger partial charge in [-0.1, -0.05) is 12.8 Å². The number of aromatic amines is 1. The molecule has 1 saturated carbocycles. The van der Waals surface area contributed by atoms with E-state index in [0.29, 0.717) is 5.69 Å². The van der Waals surface area contributed by atoms with E-state index in [0.717, 1.165) is 25.7 Å². The van der Waals surface area contributed by atoms with Crippen LogP contribution in [0.4, 0.5) is 0 Å². The topological polar surface area (TPSA) is 54.9 Å². The molecule has 1 heterocycles. The van der Waals surface area contributed by atoms with Crippen molar-refractivity contribution in [2.45, 2.75) is 38.6 Å². The molecule has 14 heavy (non-hydrogen) atoms. The van der Waals surface area contributed by atoms with E-state index >= 15 is 0 Å². The molecule has 0 saturated heterocycles. The zero-order valence-electron chi connectivity index (χ0n) is 8.25. The van der Waals surface area contributed by atoms with Crippen LogP contribution in [0.3, 0.4) is 0 Å². The quantitative estimate of drug-likeness (QED) is 0.724. The fraction of sp³-hybridized carbons (Fsp3) is 0.600. The minimum Gasteiger partial charge on any atom is -0.311 e. The van der Waals surface area contributed by atoms with Crippen LogP contribution in [0.15, 0.2) is 15.7 Å². The highest BCUT2D eigenvalue weighted by Gasteiger charge is 2.19. The van der Waals surface area contributed by atoms with Crippen LogP contribution in [0.2, 0.25) is 0 Å². The van der Waals surface area contributed by atoms with E-state index in [9.17, 15) is 9.59 Å². The van der Waals surface area contributed by atoms with E-state index in [2.05, 4.69) is 4.98 Å². The van der Waals surface area contributed by atoms with Crippen LogP contribution < -0.4 is 11.2 Å². The number of hydrogen-bond donors (Lipinski definition) is 1. The maximum atomic E-state index is 11.6. The smallest absolute Gasteiger partial charge is 0.311 e. The molecule has 1 aliphatic carbocycles. The Bertz CT molecular complexity index is 407. The zero-order valence-corrected chi connectivity index (χ0v) is 8.25. The third kappa shape index (κ3) is 1.52. The van der Waals surface area contributed by atoms with Gasteiger partial charge in [0.15, 0.2) is 0 Å². The van der Waals surface area contributed by atoms with Crippen LogP contribution in [0, 0.1) is 6.92 Å². The van der Waals surface area contributed by atoms with Crippen LogP contribution >= 0.6 is 0 Å². The lowest BCUT2D eigenvalue weighted by Crippen LogP contribution is -2.37. The van der Waals surface area contributed by atoms with Gasteiger partial charge in [0.25, 0.3) is 5.56 Å². The van der Waals surface area contributed by atoms with E-state index in [1.54, 1.807) is 6.92 Å². The van der Waals surface area contributed by atoms with Crippen LogP contribution in [0.1, 0.15) is 37.4 Å². The highest BCUT2D eigenvalue weighted by molar-refractivity contribution is 4.98. The SMILES string of the molecule is Cc1cc(=O)n(C2CCCC2)c(=O)[nH]1. The lowest BCUT2D eigenvalue weighted by molar-refractivity contribution is 0.477. The molecule has 0 bridgehead atoms. The summed E-state index contributed by atoms with van der Waals surface area (Å²) in [5, 5.41) is 0. The van der Waals surface area contributed by atoms with E-state index in [1.165, 1.54) is 10.6 Å². The molecule has 0 amide bonds. The first-order valence-electron chi connectivity index (χ1n) is 5.01. The Morgan fingerprint density at radius 2 is 2.00 bits per heavy atom. The molecule has 1 aliphatic rings. The first-order chi connectivity index (χ1) is 6.68. The minimum atomic E-state index is -0.262. The van der Waals surface area contributed by atoms with Crippen molar-refractivity contribution < 1.29 is 0 Å². The molecule has 0 atom stereocenters. The van der Waals surface area contributed by atoms with Crippen molar-refractivity contribution in [1.29, 1.82) is 0 Å². The van der Waals surface area contributed by atoms with Gasteiger partial charge in [-0.15, -0.1) is 0 Å². The normalized spacial score (nSPS) is 17.5. The summed E-state index contributed by atoms with van der Waals surface area (Å²) in [6.07, 6.45) is 4.13. The molecule has 4 heteroatoms. The predicted octanol–water partition coefficient (Wildman–Crippen LogP) is 0.960. The van der Waals surface area contributed by atoms with Crippen molar-refractivity contribution >= 4 is 0 Å². The second kappa shape index (κ2) is 3.44. The fourth-order valence-electron chi connectivity index (χ4n) is 2.13. The van der Waals surface area contributed by atoms with Crippen molar-refractivity contribution in [3.63, 3.8) is 0 Å². The summed E-state index contributed by atoms with van der Waals surface area (Å²) in [7, 11) is 0. The molecule has 2 rings (SSSR count). The predicted molar refractivity (Wildman–Crippen MR) is 53.6 cm³/mol. The second-order valence-corrected chi connectivity index (χ2v) is 3.90. The standard InChI is InChI=1S/C10H14N2O2/c1-7-6-9(13)12(10(14)11-7)8-4-2-3-5-8/h6,8H,2-5H2,1H3,(H,11,14). The Labute approximate surface area is 81.6 Å². The summed E-state index contributed by atoms with van der Waals surface area (Å²) in [6, 6.07) is 1.60. The number of aryl methyl sites for hydroxylation is 1. The molecule has 76 valence electrons. The molecular weight excluding hydrogens is 180 g/mol. The first-order valence-corrected chi connectivity index (χ1v) is 5.01. The molecule has 1 aromatic rings. The van der Waals surface area contributed by atoms with Gasteiger partial charge >= 0.3 is 5.69 Å². The van der Waals surface area contributed by atoms with E-state index in [-0.39, 0.29) is 17.3 Å². The number of hydrogen-bond acceptors (Lipinski definition) is 2. The summed E-state index contributed by atoms with van der Waals surface area (Å²) in [5.74, 6) is 0. The first kappa shape index (κ1) is 9.24. The second-order valence-electron chi connectivity index (χ2n) is 3.90. The molecule has 1 N–H and O–H groups in total. The molecule has 0 radical (unpaired) electrons. The fourth-order valence-corrected chi connectivity index (χ4v) is 2.13. The number of rotatable bonds is 1. The van der Waals surface area contributed by atoms with Crippen molar-refractivity contribution in [2.75, 3.05) is 0 Å². The third-order valence-electron chi connectivity index (χ3n) is 2.79. The van der Waals surface area contributed by atoms with Gasteiger partial charge in [-0.05, 0) is 19.8 Å². The summed E-state index contributed by atoms with van der Waals surface area (Å²) in [5.41, 5.74) is 0.203. The van der Waals surface area contributed by atoms with Gasteiger partial charge in [-0.3, -0.25) is 9.36 Å². The van der Waals surface area contributed by atoms with Crippen LogP contribution in [-0.4, -0.2) is 9.55 Å². The lowest BCUT2D eigenvalue weighted by Gasteiger charge is -2.11. The van der Waals surface area contributed by atoms with Crippen molar-refractivity contribution in [3.8, 4) is 0 Å². The van der Waals surface area contributed by atoms with Crippen molar-refractivity contribution in [1.82, 2.24) is 9.55 Å². The van der Waals surface area contributed by atoms with Gasteiger partial charge in [-0.25, -0.2) is 4.79 Å². The molecule has 0 aliphatic heterocycles. The molecule has 0 unspecified atom stereocenters. The molecule has 0 spiro atoms. The Morgan fingerprint density at radius 3 is 2.57 bits per heavy atom. The van der Waals surface area contributed by atoms with Gasteiger partial charge in [-0.2, -0.15) is 0 Å². The minimum absolute atomic E-state index is 0.117. The Balaban J connectivity index is 2.52. The summed E-state index contributed by atoms with van der Waals surface area (Å²) < 4.78 is 1.36. The molecule has 4 nitrogen and oxygen atoms in total. The zero-order chi connectivity index (χ0) is 10.1. The Morgan fingerprint density at radius 1 is 1.36 bits per heavy atom. The summed E-state index contributed by atoms with van der Waals surface area (Å²) >= 11 is 0. The van der Waals surface area contributed by atoms with Crippen molar-refractivity contribution in [2.24, 2.45) is 0 Å². The van der Waals surface area contributed by atoms with Gasteiger partial charge < -0.3 is 4.98 Å². The van der Waals surface area contributed by atoms with E-state index in [4.69, 9.17) is 0 Å². The number of aromatic nitrogens is 2. The third-order valence-corrected chi connectivity index (χ3v) is 2.79. The molecular formula is C10H14N2O2. The lowest BCUT2D eigenvalue weighted by atomic mass is 10.2. The largest absolute Gasteiger partial charge is 0.328 e. The molecule has 1 fully saturated rings. The number of nitrogens with zero attached hydrogens (tertiary/aromatic N) is 1. The number of H-pyrrole nitrogens is 1. The summed E-state index contributed by atoms with van der Waals surface area (Å²) in [4.78, 5) is 25.8. The Hall–Kier alpha value is -1.32. The maximum Gasteiger partial charge on any atom is 0.328 e. The average molecular weight is 194 g/mol. The average Bonchev–Trinajstić information content (AvgIpc) is 2.54. The van der Waals surface area contributed by atoms with Gasteiger partial charge in [0.2, 0.25) is 0 Å². The van der Waals surface area contributed by atoms with Gasteiger partial charge in [0.1, 0.15) is 0 Å². The molecule has 1 aromatic heterocycles. The monoisotopic (exact) mass is 194 g/mol. The highest BCUT2D eigenvalue weighted by Crippen LogP contribution is 2.26. The van der Waals surface area contributed by atoms with Crippen LogP contribution in [-0.2, 0) is 0 Å². The Kier molecular flexibility index (Phi) is 2.27. The van der Waals surface area contributed by atoms with Gasteiger partial charge in [0, 0.05) is 17.8 Å². The molecule has 0 aromatic carbocycles. The highest BCUT2D eigenvalue weighted by atomic mass is 16.2. The maximum absolute atomic E-state index is 11.6.